The molecule has 0 bridgehead atoms. The van der Waals surface area contributed by atoms with E-state index >= 15 is 0 Å². The van der Waals surface area contributed by atoms with Gasteiger partial charge in [-0.05, 0) is 19.4 Å². The molecule has 1 heterocycles. The lowest BCUT2D eigenvalue weighted by Crippen LogP contribution is -1.97. The molecule has 0 N–H and O–H groups in total. The highest BCUT2D eigenvalue weighted by molar-refractivity contribution is 7.85. The van der Waals surface area contributed by atoms with Crippen LogP contribution in [0.5, 0.6) is 0 Å². The zero-order chi connectivity index (χ0) is 9.68. The smallest absolute Gasteiger partial charge is 0.116 e. The lowest BCUT2D eigenvalue weighted by Gasteiger charge is -1.99. The summed E-state index contributed by atoms with van der Waals surface area (Å²) in [7, 11) is -0.859. The molecular weight excluding hydrogens is 184 g/mol. The molecule has 0 aliphatic rings. The Morgan fingerprint density at radius 2 is 2.23 bits per heavy atom. The number of furan rings is 1. The fraction of sp³-hybridized carbons (Fsp3) is 0.600. The molecule has 0 radical (unpaired) electrons. The highest BCUT2D eigenvalue weighted by atomic mass is 32.2. The van der Waals surface area contributed by atoms with Crippen LogP contribution in [0, 0.1) is 6.92 Å². The van der Waals surface area contributed by atoms with E-state index in [1.54, 1.807) is 12.3 Å². The fourth-order valence-corrected chi connectivity index (χ4v) is 2.46. The lowest BCUT2D eigenvalue weighted by molar-refractivity contribution is 0.525. The van der Waals surface area contributed by atoms with Crippen molar-refractivity contribution in [3.63, 3.8) is 0 Å². The van der Waals surface area contributed by atoms with Gasteiger partial charge in [0.1, 0.15) is 5.76 Å². The molecule has 1 rings (SSSR count). The minimum absolute atomic E-state index is 0.758. The summed E-state index contributed by atoms with van der Waals surface area (Å²) in [4.78, 5) is 0.858. The minimum atomic E-state index is -0.859. The highest BCUT2D eigenvalue weighted by Crippen LogP contribution is 2.14. The summed E-state index contributed by atoms with van der Waals surface area (Å²) in [6, 6.07) is 1.80. The standard InChI is InChI=1S/C10H16O2S/c1-3-4-5-8-13(11)10-6-7-12-9(10)2/h6-7H,3-5,8H2,1-2H3. The lowest BCUT2D eigenvalue weighted by atomic mass is 10.3. The van der Waals surface area contributed by atoms with E-state index in [-0.39, 0.29) is 0 Å². The Morgan fingerprint density at radius 1 is 1.46 bits per heavy atom. The van der Waals surface area contributed by atoms with Crippen LogP contribution in [0.3, 0.4) is 0 Å². The van der Waals surface area contributed by atoms with Crippen molar-refractivity contribution in [1.82, 2.24) is 0 Å². The molecule has 74 valence electrons. The first-order chi connectivity index (χ1) is 6.25. The van der Waals surface area contributed by atoms with Crippen molar-refractivity contribution in [3.05, 3.63) is 18.1 Å². The highest BCUT2D eigenvalue weighted by Gasteiger charge is 2.08. The largest absolute Gasteiger partial charge is 0.468 e. The van der Waals surface area contributed by atoms with Gasteiger partial charge in [-0.2, -0.15) is 0 Å². The Morgan fingerprint density at radius 3 is 2.77 bits per heavy atom. The molecule has 0 saturated heterocycles. The molecule has 0 aliphatic carbocycles. The van der Waals surface area contributed by atoms with Gasteiger partial charge in [-0.15, -0.1) is 0 Å². The number of hydrogen-bond acceptors (Lipinski definition) is 2. The van der Waals surface area contributed by atoms with E-state index in [9.17, 15) is 4.21 Å². The van der Waals surface area contributed by atoms with Crippen LogP contribution in [0.1, 0.15) is 31.9 Å². The van der Waals surface area contributed by atoms with Gasteiger partial charge in [0.15, 0.2) is 0 Å². The maximum absolute atomic E-state index is 11.7. The van der Waals surface area contributed by atoms with Gasteiger partial charge in [0.25, 0.3) is 0 Å². The summed E-state index contributed by atoms with van der Waals surface area (Å²) in [5.74, 6) is 1.55. The second-order valence-electron chi connectivity index (χ2n) is 3.10. The van der Waals surface area contributed by atoms with E-state index in [0.29, 0.717) is 0 Å². The van der Waals surface area contributed by atoms with Crippen LogP contribution in [-0.2, 0) is 10.8 Å². The van der Waals surface area contributed by atoms with Gasteiger partial charge < -0.3 is 4.42 Å². The van der Waals surface area contributed by atoms with Crippen molar-refractivity contribution < 1.29 is 8.63 Å². The minimum Gasteiger partial charge on any atom is -0.468 e. The molecule has 0 saturated carbocycles. The predicted molar refractivity (Wildman–Crippen MR) is 54.2 cm³/mol. The quantitative estimate of drug-likeness (QED) is 0.684. The molecule has 1 unspecified atom stereocenters. The number of hydrogen-bond donors (Lipinski definition) is 0. The van der Waals surface area contributed by atoms with E-state index in [4.69, 9.17) is 4.42 Å². The fourth-order valence-electron chi connectivity index (χ4n) is 1.20. The third-order valence-electron chi connectivity index (χ3n) is 1.99. The summed E-state index contributed by atoms with van der Waals surface area (Å²) in [6.07, 6.45) is 4.96. The maximum Gasteiger partial charge on any atom is 0.116 e. The first-order valence-electron chi connectivity index (χ1n) is 4.68. The van der Waals surface area contributed by atoms with Gasteiger partial charge in [0.05, 0.1) is 22.0 Å². The van der Waals surface area contributed by atoms with Crippen LogP contribution in [0.25, 0.3) is 0 Å². The van der Waals surface area contributed by atoms with Crippen molar-refractivity contribution in [3.8, 4) is 0 Å². The molecular formula is C10H16O2S. The van der Waals surface area contributed by atoms with Crippen molar-refractivity contribution >= 4 is 10.8 Å². The normalized spacial score (nSPS) is 13.1. The maximum atomic E-state index is 11.7. The Bertz CT molecular complexity index is 278. The first-order valence-corrected chi connectivity index (χ1v) is 6.00. The van der Waals surface area contributed by atoms with Crippen LogP contribution in [-0.4, -0.2) is 9.96 Å². The van der Waals surface area contributed by atoms with Gasteiger partial charge in [-0.3, -0.25) is 4.21 Å². The van der Waals surface area contributed by atoms with Crippen LogP contribution in [0.4, 0.5) is 0 Å². The van der Waals surface area contributed by atoms with Crippen molar-refractivity contribution in [1.29, 1.82) is 0 Å². The van der Waals surface area contributed by atoms with E-state index in [1.165, 1.54) is 6.42 Å². The van der Waals surface area contributed by atoms with E-state index in [1.807, 2.05) is 6.92 Å². The third kappa shape index (κ3) is 2.99. The van der Waals surface area contributed by atoms with E-state index < -0.39 is 10.8 Å². The van der Waals surface area contributed by atoms with Crippen molar-refractivity contribution in [2.24, 2.45) is 0 Å². The molecule has 0 amide bonds. The van der Waals surface area contributed by atoms with Crippen LogP contribution < -0.4 is 0 Å². The molecule has 0 fully saturated rings. The van der Waals surface area contributed by atoms with Crippen molar-refractivity contribution in [2.45, 2.75) is 38.0 Å². The Kier molecular flexibility index (Phi) is 4.22. The third-order valence-corrected chi connectivity index (χ3v) is 3.56. The molecule has 0 spiro atoms. The van der Waals surface area contributed by atoms with E-state index in [0.717, 1.165) is 29.3 Å². The molecule has 0 aliphatic heterocycles. The summed E-state index contributed by atoms with van der Waals surface area (Å²) >= 11 is 0. The summed E-state index contributed by atoms with van der Waals surface area (Å²) in [6.45, 7) is 4.00. The van der Waals surface area contributed by atoms with Gasteiger partial charge in [0, 0.05) is 5.75 Å². The molecule has 13 heavy (non-hydrogen) atoms. The Balaban J connectivity index is 2.45. The Labute approximate surface area is 81.8 Å². The average Bonchev–Trinajstić information content (AvgIpc) is 2.52. The Hall–Kier alpha value is -0.570. The van der Waals surface area contributed by atoms with Gasteiger partial charge >= 0.3 is 0 Å². The molecule has 1 atom stereocenters. The van der Waals surface area contributed by atoms with Crippen LogP contribution >= 0.6 is 0 Å². The molecule has 0 aromatic carbocycles. The van der Waals surface area contributed by atoms with Crippen LogP contribution in [0.2, 0.25) is 0 Å². The summed E-state index contributed by atoms with van der Waals surface area (Å²) in [5.41, 5.74) is 0. The number of unbranched alkanes of at least 4 members (excludes halogenated alkanes) is 2. The van der Waals surface area contributed by atoms with E-state index in [2.05, 4.69) is 6.92 Å². The molecule has 2 nitrogen and oxygen atoms in total. The van der Waals surface area contributed by atoms with Gasteiger partial charge in [0.2, 0.25) is 0 Å². The van der Waals surface area contributed by atoms with Gasteiger partial charge in [-0.1, -0.05) is 19.8 Å². The molecule has 3 heteroatoms. The molecule has 1 aromatic heterocycles. The molecule has 1 aromatic rings. The SMILES string of the molecule is CCCCCS(=O)c1ccoc1C. The summed E-state index contributed by atoms with van der Waals surface area (Å²) in [5, 5.41) is 0. The topological polar surface area (TPSA) is 30.2 Å². The van der Waals surface area contributed by atoms with Gasteiger partial charge in [-0.25, -0.2) is 0 Å². The predicted octanol–water partition coefficient (Wildman–Crippen LogP) is 2.89. The number of rotatable bonds is 5. The van der Waals surface area contributed by atoms with Crippen LogP contribution in [0.15, 0.2) is 21.6 Å². The zero-order valence-corrected chi connectivity index (χ0v) is 9.02. The second-order valence-corrected chi connectivity index (χ2v) is 4.64. The zero-order valence-electron chi connectivity index (χ0n) is 8.21. The van der Waals surface area contributed by atoms with Crippen molar-refractivity contribution in [2.75, 3.05) is 5.75 Å². The average molecular weight is 200 g/mol. The summed E-state index contributed by atoms with van der Waals surface area (Å²) < 4.78 is 16.8. The monoisotopic (exact) mass is 200 g/mol. The second kappa shape index (κ2) is 5.22. The first kappa shape index (κ1) is 10.5. The number of aryl methyl sites for hydroxylation is 1.